The third kappa shape index (κ3) is 7.12. The van der Waals surface area contributed by atoms with Crippen molar-refractivity contribution in [2.45, 2.75) is 72.5 Å². The van der Waals surface area contributed by atoms with Crippen LogP contribution in [0.5, 0.6) is 5.75 Å². The molecule has 2 rings (SSSR count). The molecule has 0 saturated heterocycles. The van der Waals surface area contributed by atoms with E-state index in [4.69, 9.17) is 4.74 Å². The number of nitrogens with one attached hydrogen (secondary N) is 1. The highest BCUT2D eigenvalue weighted by Crippen LogP contribution is 2.31. The molecule has 0 aliphatic carbocycles. The molecule has 2 aromatic carbocycles. The van der Waals surface area contributed by atoms with Gasteiger partial charge in [0.1, 0.15) is 11.8 Å². The van der Waals surface area contributed by atoms with Crippen molar-refractivity contribution in [3.63, 3.8) is 0 Å². The van der Waals surface area contributed by atoms with E-state index in [1.54, 1.807) is 11.8 Å². The first-order valence-electron chi connectivity index (χ1n) is 10.9. The lowest BCUT2D eigenvalue weighted by atomic mass is 9.86. The smallest absolute Gasteiger partial charge is 0.261 e. The van der Waals surface area contributed by atoms with E-state index >= 15 is 0 Å². The third-order valence-electron chi connectivity index (χ3n) is 5.12. The molecule has 0 aliphatic rings. The Morgan fingerprint density at radius 2 is 1.61 bits per heavy atom. The van der Waals surface area contributed by atoms with E-state index in [-0.39, 0.29) is 29.9 Å². The minimum Gasteiger partial charge on any atom is -0.483 e. The Kier molecular flexibility index (Phi) is 8.26. The summed E-state index contributed by atoms with van der Waals surface area (Å²) in [6.45, 7) is 14.1. The van der Waals surface area contributed by atoms with Gasteiger partial charge in [0.2, 0.25) is 5.91 Å². The number of hydrogen-bond acceptors (Lipinski definition) is 3. The largest absolute Gasteiger partial charge is 0.483 e. The highest BCUT2D eigenvalue weighted by Gasteiger charge is 2.27. The normalized spacial score (nSPS) is 12.4. The van der Waals surface area contributed by atoms with Crippen LogP contribution in [0.3, 0.4) is 0 Å². The lowest BCUT2D eigenvalue weighted by Gasteiger charge is -2.30. The van der Waals surface area contributed by atoms with Gasteiger partial charge in [-0.15, -0.1) is 0 Å². The Balaban J connectivity index is 2.21. The Hall–Kier alpha value is -2.82. The average molecular weight is 425 g/mol. The molecule has 31 heavy (non-hydrogen) atoms. The first kappa shape index (κ1) is 24.4. The van der Waals surface area contributed by atoms with E-state index < -0.39 is 6.04 Å². The van der Waals surface area contributed by atoms with Gasteiger partial charge in [0, 0.05) is 12.6 Å². The van der Waals surface area contributed by atoms with Crippen molar-refractivity contribution >= 4 is 11.8 Å². The predicted molar refractivity (Wildman–Crippen MR) is 125 cm³/mol. The summed E-state index contributed by atoms with van der Waals surface area (Å²) in [6, 6.07) is 15.1. The van der Waals surface area contributed by atoms with Crippen molar-refractivity contribution < 1.29 is 14.3 Å². The molecule has 0 saturated carbocycles. The molecule has 0 fully saturated rings. The number of para-hydroxylation sites is 1. The summed E-state index contributed by atoms with van der Waals surface area (Å²) in [7, 11) is 0. The van der Waals surface area contributed by atoms with Crippen LogP contribution in [-0.4, -0.2) is 35.4 Å². The topological polar surface area (TPSA) is 58.6 Å². The van der Waals surface area contributed by atoms with Gasteiger partial charge < -0.3 is 15.0 Å². The van der Waals surface area contributed by atoms with Gasteiger partial charge in [-0.3, -0.25) is 9.59 Å². The maximum Gasteiger partial charge on any atom is 0.261 e. The Morgan fingerprint density at radius 1 is 1.00 bits per heavy atom. The summed E-state index contributed by atoms with van der Waals surface area (Å²) in [5, 5.41) is 2.90. The van der Waals surface area contributed by atoms with E-state index in [1.807, 2.05) is 69.3 Å². The number of carbonyl (C=O) groups is 2. The molecule has 0 spiro atoms. The van der Waals surface area contributed by atoms with Gasteiger partial charge in [-0.25, -0.2) is 0 Å². The number of amides is 2. The molecule has 168 valence electrons. The van der Waals surface area contributed by atoms with Crippen molar-refractivity contribution in [3.05, 3.63) is 65.2 Å². The van der Waals surface area contributed by atoms with Crippen LogP contribution in [0.2, 0.25) is 0 Å². The van der Waals surface area contributed by atoms with Crippen LogP contribution >= 0.6 is 0 Å². The summed E-state index contributed by atoms with van der Waals surface area (Å²) < 4.78 is 5.95. The zero-order chi connectivity index (χ0) is 23.2. The maximum atomic E-state index is 13.2. The first-order valence-corrected chi connectivity index (χ1v) is 10.9. The molecular weight excluding hydrogens is 388 g/mol. The van der Waals surface area contributed by atoms with Gasteiger partial charge in [-0.2, -0.15) is 0 Å². The predicted octanol–water partition coefficient (Wildman–Crippen LogP) is 4.61. The Labute approximate surface area is 186 Å². The lowest BCUT2D eigenvalue weighted by molar-refractivity contribution is -0.142. The molecule has 5 heteroatoms. The molecule has 2 aromatic rings. The van der Waals surface area contributed by atoms with Crippen molar-refractivity contribution in [3.8, 4) is 5.75 Å². The number of aryl methyl sites for hydroxylation is 1. The standard InChI is InChI=1S/C26H36N2O3/c1-18(2)27-25(30)20(4)28(16-21-14-12-19(3)13-15-21)24(29)17-31-23-11-9-8-10-22(23)26(5,6)7/h8-15,18,20H,16-17H2,1-7H3,(H,27,30)/t20-/m0/s1. The second-order valence-electron chi connectivity index (χ2n) is 9.38. The number of nitrogens with zero attached hydrogens (tertiary/aromatic N) is 1. The zero-order valence-electron chi connectivity index (χ0n) is 19.9. The lowest BCUT2D eigenvalue weighted by Crippen LogP contribution is -2.50. The van der Waals surface area contributed by atoms with Crippen LogP contribution in [0, 0.1) is 6.92 Å². The second-order valence-corrected chi connectivity index (χ2v) is 9.38. The average Bonchev–Trinajstić information content (AvgIpc) is 2.70. The number of rotatable bonds is 8. The minimum atomic E-state index is -0.613. The maximum absolute atomic E-state index is 13.2. The van der Waals surface area contributed by atoms with Gasteiger partial charge in [-0.05, 0) is 50.3 Å². The molecular formula is C26H36N2O3. The Bertz CT molecular complexity index is 882. The van der Waals surface area contributed by atoms with Gasteiger partial charge in [-0.1, -0.05) is 68.8 Å². The molecule has 5 nitrogen and oxygen atoms in total. The highest BCUT2D eigenvalue weighted by molar-refractivity contribution is 5.88. The minimum absolute atomic E-state index is 0.00110. The summed E-state index contributed by atoms with van der Waals surface area (Å²) in [4.78, 5) is 27.4. The SMILES string of the molecule is Cc1ccc(CN(C(=O)COc2ccccc2C(C)(C)C)[C@@H](C)C(=O)NC(C)C)cc1. The van der Waals surface area contributed by atoms with Crippen LogP contribution in [0.25, 0.3) is 0 Å². The summed E-state index contributed by atoms with van der Waals surface area (Å²) in [6.07, 6.45) is 0. The molecule has 0 heterocycles. The molecule has 0 aromatic heterocycles. The van der Waals surface area contributed by atoms with Crippen LogP contribution < -0.4 is 10.1 Å². The van der Waals surface area contributed by atoms with Gasteiger partial charge in [0.15, 0.2) is 6.61 Å². The van der Waals surface area contributed by atoms with Crippen molar-refractivity contribution in [1.82, 2.24) is 10.2 Å². The number of carbonyl (C=O) groups excluding carboxylic acids is 2. The summed E-state index contributed by atoms with van der Waals surface area (Å²) >= 11 is 0. The van der Waals surface area contributed by atoms with Crippen LogP contribution in [0.15, 0.2) is 48.5 Å². The molecule has 0 aliphatic heterocycles. The Morgan fingerprint density at radius 3 is 2.19 bits per heavy atom. The van der Waals surface area contributed by atoms with Crippen molar-refractivity contribution in [2.75, 3.05) is 6.61 Å². The fourth-order valence-corrected chi connectivity index (χ4v) is 3.31. The van der Waals surface area contributed by atoms with Crippen molar-refractivity contribution in [2.24, 2.45) is 0 Å². The molecule has 0 bridgehead atoms. The van der Waals surface area contributed by atoms with Gasteiger partial charge in [0.05, 0.1) is 0 Å². The summed E-state index contributed by atoms with van der Waals surface area (Å²) in [5.41, 5.74) is 3.05. The molecule has 0 unspecified atom stereocenters. The fourth-order valence-electron chi connectivity index (χ4n) is 3.31. The number of hydrogen-bond donors (Lipinski definition) is 1. The third-order valence-corrected chi connectivity index (χ3v) is 5.12. The second kappa shape index (κ2) is 10.5. The van der Waals surface area contributed by atoms with E-state index in [1.165, 1.54) is 0 Å². The zero-order valence-corrected chi connectivity index (χ0v) is 19.9. The fraction of sp³-hybridized carbons (Fsp3) is 0.462. The van der Waals surface area contributed by atoms with Gasteiger partial charge in [0.25, 0.3) is 5.91 Å². The molecule has 0 radical (unpaired) electrons. The number of benzene rings is 2. The van der Waals surface area contributed by atoms with E-state index in [0.29, 0.717) is 12.3 Å². The van der Waals surface area contributed by atoms with Crippen LogP contribution in [0.4, 0.5) is 0 Å². The highest BCUT2D eigenvalue weighted by atomic mass is 16.5. The van der Waals surface area contributed by atoms with Crippen LogP contribution in [-0.2, 0) is 21.5 Å². The monoisotopic (exact) mass is 424 g/mol. The quantitative estimate of drug-likeness (QED) is 0.673. The summed E-state index contributed by atoms with van der Waals surface area (Å²) in [5.74, 6) is 0.291. The number of ether oxygens (including phenoxy) is 1. The van der Waals surface area contributed by atoms with Crippen molar-refractivity contribution in [1.29, 1.82) is 0 Å². The molecule has 1 N–H and O–H groups in total. The van der Waals surface area contributed by atoms with Gasteiger partial charge >= 0.3 is 0 Å². The molecule has 1 atom stereocenters. The van der Waals surface area contributed by atoms with Crippen LogP contribution in [0.1, 0.15) is 58.2 Å². The first-order chi connectivity index (χ1) is 14.5. The van der Waals surface area contributed by atoms with E-state index in [9.17, 15) is 9.59 Å². The molecule has 2 amide bonds. The van der Waals surface area contributed by atoms with E-state index in [0.717, 1.165) is 16.7 Å². The van der Waals surface area contributed by atoms with E-state index in [2.05, 4.69) is 26.1 Å².